The minimum atomic E-state index is -0.353. The van der Waals surface area contributed by atoms with E-state index in [1.165, 1.54) is 132 Å². The molecule has 0 saturated heterocycles. The molecule has 50 heavy (non-hydrogen) atoms. The molecule has 1 heterocycles. The van der Waals surface area contributed by atoms with E-state index < -0.39 is 0 Å². The molecule has 1 aliphatic rings. The molecule has 0 radical (unpaired) electrons. The summed E-state index contributed by atoms with van der Waals surface area (Å²) in [6.07, 6.45) is 26.1. The van der Waals surface area contributed by atoms with Crippen molar-refractivity contribution in [2.24, 2.45) is 0 Å². The number of carbonyl (C=O) groups is 3. The van der Waals surface area contributed by atoms with E-state index in [2.05, 4.69) is 0 Å². The zero-order valence-electron chi connectivity index (χ0n) is 29.3. The highest BCUT2D eigenvalue weighted by molar-refractivity contribution is 6.28. The molecule has 0 spiro atoms. The van der Waals surface area contributed by atoms with Gasteiger partial charge in [0.25, 0.3) is 11.8 Å². The number of benzene rings is 3. The predicted molar refractivity (Wildman–Crippen MR) is 199 cm³/mol. The molecule has 0 saturated carbocycles. The van der Waals surface area contributed by atoms with Crippen molar-refractivity contribution in [1.29, 1.82) is 0 Å². The van der Waals surface area contributed by atoms with E-state index in [9.17, 15) is 18.8 Å². The molecule has 0 N–H and O–H groups in total. The first-order valence-electron chi connectivity index (χ1n) is 18.5. The Morgan fingerprint density at radius 3 is 1.38 bits per heavy atom. The Hall–Kier alpha value is -4.52. The second kappa shape index (κ2) is 22.2. The fraction of sp³-hybridized carbons (Fsp3) is 0.419. The molecule has 3 aromatic carbocycles. The number of hydrogen-bond donors (Lipinski definition) is 0. The van der Waals surface area contributed by atoms with Crippen LogP contribution in [0.3, 0.4) is 0 Å². The number of rotatable bonds is 25. The summed E-state index contributed by atoms with van der Waals surface area (Å²) >= 11 is 0. The molecule has 1 aliphatic heterocycles. The van der Waals surface area contributed by atoms with E-state index >= 15 is 0 Å². The summed E-state index contributed by atoms with van der Waals surface area (Å²) in [6, 6.07) is 20.4. The molecule has 6 nitrogen and oxygen atoms in total. The Balaban J connectivity index is 0.871. The predicted octanol–water partition coefficient (Wildman–Crippen LogP) is 10.9. The van der Waals surface area contributed by atoms with Crippen LogP contribution in [-0.4, -0.2) is 30.8 Å². The van der Waals surface area contributed by atoms with Crippen molar-refractivity contribution in [2.75, 3.05) is 18.1 Å². The van der Waals surface area contributed by atoms with Gasteiger partial charge in [-0.05, 0) is 85.1 Å². The summed E-state index contributed by atoms with van der Waals surface area (Å²) < 4.78 is 24.7. The van der Waals surface area contributed by atoms with Crippen LogP contribution in [0.15, 0.2) is 91.0 Å². The highest BCUT2D eigenvalue weighted by Gasteiger charge is 2.24. The molecule has 7 heteroatoms. The molecule has 3 aromatic rings. The molecule has 4 rings (SSSR count). The van der Waals surface area contributed by atoms with Crippen LogP contribution in [0.5, 0.6) is 11.5 Å². The van der Waals surface area contributed by atoms with Gasteiger partial charge in [-0.2, -0.15) is 0 Å². The Kier molecular flexibility index (Phi) is 17.0. The van der Waals surface area contributed by atoms with Crippen molar-refractivity contribution in [3.8, 4) is 11.5 Å². The first-order valence-corrected chi connectivity index (χ1v) is 18.5. The van der Waals surface area contributed by atoms with Crippen LogP contribution in [0, 0.1) is 5.82 Å². The number of allylic oxidation sites excluding steroid dienone is 1. The molecule has 0 bridgehead atoms. The van der Waals surface area contributed by atoms with Gasteiger partial charge < -0.3 is 9.47 Å². The monoisotopic (exact) mass is 681 g/mol. The Morgan fingerprint density at radius 2 is 0.940 bits per heavy atom. The molecular weight excluding hydrogens is 629 g/mol. The first kappa shape index (κ1) is 38.3. The minimum absolute atomic E-state index is 0.153. The number of hydrogen-bond acceptors (Lipinski definition) is 5. The van der Waals surface area contributed by atoms with Gasteiger partial charge in [0.05, 0.1) is 18.9 Å². The Morgan fingerprint density at radius 1 is 0.540 bits per heavy atom. The minimum Gasteiger partial charge on any atom is -0.494 e. The van der Waals surface area contributed by atoms with Crippen LogP contribution in [-0.2, 0) is 9.59 Å². The van der Waals surface area contributed by atoms with Gasteiger partial charge in [0, 0.05) is 17.7 Å². The molecule has 0 aliphatic carbocycles. The molecule has 0 fully saturated rings. The van der Waals surface area contributed by atoms with Crippen molar-refractivity contribution < 1.29 is 28.2 Å². The van der Waals surface area contributed by atoms with Crippen molar-refractivity contribution >= 4 is 29.4 Å². The molecule has 0 atom stereocenters. The van der Waals surface area contributed by atoms with Gasteiger partial charge in [0.2, 0.25) is 0 Å². The summed E-state index contributed by atoms with van der Waals surface area (Å²) in [4.78, 5) is 36.9. The molecule has 266 valence electrons. The number of amides is 2. The van der Waals surface area contributed by atoms with E-state index in [-0.39, 0.29) is 23.4 Å². The van der Waals surface area contributed by atoms with E-state index in [1.54, 1.807) is 18.2 Å². The summed E-state index contributed by atoms with van der Waals surface area (Å²) in [6.45, 7) is 1.40. The fourth-order valence-corrected chi connectivity index (χ4v) is 5.96. The van der Waals surface area contributed by atoms with Crippen molar-refractivity contribution in [3.05, 3.63) is 108 Å². The largest absolute Gasteiger partial charge is 0.494 e. The summed E-state index contributed by atoms with van der Waals surface area (Å²) in [7, 11) is 0. The molecule has 2 amide bonds. The average molecular weight is 682 g/mol. The first-order chi connectivity index (χ1) is 24.5. The van der Waals surface area contributed by atoms with Crippen LogP contribution in [0.1, 0.15) is 119 Å². The third-order valence-corrected chi connectivity index (χ3v) is 8.92. The maximum absolute atomic E-state index is 13.0. The highest BCUT2D eigenvalue weighted by Crippen LogP contribution is 2.23. The normalized spacial score (nSPS) is 12.7. The van der Waals surface area contributed by atoms with Gasteiger partial charge in [-0.1, -0.05) is 108 Å². The zero-order valence-corrected chi connectivity index (χ0v) is 29.3. The SMILES string of the molecule is O=C(C=Cc1ccc(OCCCCCCCCCCCCCCCCCCOc2ccc(N3C(=O)C=CC3=O)cc2)cc1)c1ccc(F)cc1. The number of imide groups is 1. The van der Waals surface area contributed by atoms with Gasteiger partial charge in [0.1, 0.15) is 17.3 Å². The van der Waals surface area contributed by atoms with Gasteiger partial charge in [-0.15, -0.1) is 0 Å². The molecule has 0 unspecified atom stereocenters. The van der Waals surface area contributed by atoms with Crippen LogP contribution in [0.4, 0.5) is 10.1 Å². The van der Waals surface area contributed by atoms with Crippen LogP contribution >= 0.6 is 0 Å². The van der Waals surface area contributed by atoms with Crippen LogP contribution in [0.2, 0.25) is 0 Å². The third kappa shape index (κ3) is 14.1. The zero-order chi connectivity index (χ0) is 35.2. The number of anilines is 1. The topological polar surface area (TPSA) is 72.9 Å². The number of nitrogens with zero attached hydrogens (tertiary/aromatic N) is 1. The summed E-state index contributed by atoms with van der Waals surface area (Å²) in [5, 5.41) is 0. The van der Waals surface area contributed by atoms with Gasteiger partial charge in [0.15, 0.2) is 5.78 Å². The lowest BCUT2D eigenvalue weighted by molar-refractivity contribution is -0.120. The summed E-state index contributed by atoms with van der Waals surface area (Å²) in [5.74, 6) is 0.475. The standard InChI is InChI=1S/C43H52FNO5/c44-37-22-20-36(21-23-37)41(46)30-19-35-17-26-39(27-18-35)49-33-15-13-11-9-7-5-3-1-2-4-6-8-10-12-14-16-34-50-40-28-24-38(25-29-40)45-42(47)31-32-43(45)48/h17-32H,1-16,33-34H2. The number of halogens is 1. The lowest BCUT2D eigenvalue weighted by Gasteiger charge is -2.14. The molecular formula is C43H52FNO5. The van der Waals surface area contributed by atoms with Crippen molar-refractivity contribution in [1.82, 2.24) is 0 Å². The lowest BCUT2D eigenvalue weighted by atomic mass is 10.0. The third-order valence-electron chi connectivity index (χ3n) is 8.92. The van der Waals surface area contributed by atoms with Crippen molar-refractivity contribution in [2.45, 2.75) is 103 Å². The van der Waals surface area contributed by atoms with E-state index in [0.717, 1.165) is 41.4 Å². The lowest BCUT2D eigenvalue weighted by Crippen LogP contribution is -2.29. The second-order valence-corrected chi connectivity index (χ2v) is 13.0. The Labute approximate surface area is 297 Å². The average Bonchev–Trinajstić information content (AvgIpc) is 3.47. The fourth-order valence-electron chi connectivity index (χ4n) is 5.96. The van der Waals surface area contributed by atoms with E-state index in [4.69, 9.17) is 9.47 Å². The second-order valence-electron chi connectivity index (χ2n) is 13.0. The van der Waals surface area contributed by atoms with E-state index in [0.29, 0.717) is 17.9 Å². The molecule has 0 aromatic heterocycles. The van der Waals surface area contributed by atoms with Crippen LogP contribution < -0.4 is 14.4 Å². The maximum Gasteiger partial charge on any atom is 0.258 e. The Bertz CT molecular complexity index is 1490. The van der Waals surface area contributed by atoms with E-state index in [1.807, 2.05) is 36.4 Å². The number of unbranched alkanes of at least 4 members (excludes halogenated alkanes) is 15. The quantitative estimate of drug-likeness (QED) is 0.0385. The summed E-state index contributed by atoms with van der Waals surface area (Å²) in [5.41, 5.74) is 1.95. The van der Waals surface area contributed by atoms with Gasteiger partial charge in [-0.25, -0.2) is 9.29 Å². The van der Waals surface area contributed by atoms with Crippen LogP contribution in [0.25, 0.3) is 6.08 Å². The number of carbonyl (C=O) groups excluding carboxylic acids is 3. The van der Waals surface area contributed by atoms with Gasteiger partial charge >= 0.3 is 0 Å². The smallest absolute Gasteiger partial charge is 0.258 e. The van der Waals surface area contributed by atoms with Gasteiger partial charge in [-0.3, -0.25) is 14.4 Å². The number of ether oxygens (including phenoxy) is 2. The number of ketones is 1. The maximum atomic E-state index is 13.0. The van der Waals surface area contributed by atoms with Crippen molar-refractivity contribution in [3.63, 3.8) is 0 Å². The highest BCUT2D eigenvalue weighted by atomic mass is 19.1.